The number of nitrogens with one attached hydrogen (secondary N) is 2. The predicted octanol–water partition coefficient (Wildman–Crippen LogP) is 3.82. The molecule has 2 aromatic rings. The van der Waals surface area contributed by atoms with Gasteiger partial charge in [0.2, 0.25) is 0 Å². The van der Waals surface area contributed by atoms with E-state index in [0.29, 0.717) is 47.4 Å². The monoisotopic (exact) mass is 503 g/mol. The molecule has 8 nitrogen and oxygen atoms in total. The van der Waals surface area contributed by atoms with Gasteiger partial charge in [0.15, 0.2) is 5.11 Å². The standard InChI is InChI=1S/C24H30ClN5O3S/c1-3-4-5-14-33-21-9-7-18(15-19(21)25)27-24(34)28-22(31)17-6-8-20(26-16-17)23(32)30-12-10-29(2)11-13-30/h6-9,15-16H,3-5,10-14H2,1-2H3,(H2,27,28,31,34). The molecule has 1 aliphatic rings. The first-order valence-electron chi connectivity index (χ1n) is 11.4. The number of piperazine rings is 1. The van der Waals surface area contributed by atoms with Gasteiger partial charge in [-0.2, -0.15) is 0 Å². The number of halogens is 1. The zero-order chi connectivity index (χ0) is 24.5. The van der Waals surface area contributed by atoms with Gasteiger partial charge in [-0.05, 0) is 56.0 Å². The molecule has 0 unspecified atom stereocenters. The molecule has 0 saturated carbocycles. The first-order chi connectivity index (χ1) is 16.4. The quantitative estimate of drug-likeness (QED) is 0.418. The number of nitrogens with zero attached hydrogens (tertiary/aromatic N) is 3. The number of benzene rings is 1. The van der Waals surface area contributed by atoms with Crippen molar-refractivity contribution in [2.75, 3.05) is 45.2 Å². The smallest absolute Gasteiger partial charge is 0.272 e. The topological polar surface area (TPSA) is 86.8 Å². The van der Waals surface area contributed by atoms with Crippen LogP contribution in [0.25, 0.3) is 0 Å². The molecular formula is C24H30ClN5O3S. The lowest BCUT2D eigenvalue weighted by Gasteiger charge is -2.32. The number of anilines is 1. The summed E-state index contributed by atoms with van der Waals surface area (Å²) in [7, 11) is 2.03. The summed E-state index contributed by atoms with van der Waals surface area (Å²) in [5, 5.41) is 6.13. The maximum Gasteiger partial charge on any atom is 0.272 e. The number of unbranched alkanes of at least 4 members (excludes halogenated alkanes) is 2. The van der Waals surface area contributed by atoms with Gasteiger partial charge >= 0.3 is 0 Å². The van der Waals surface area contributed by atoms with E-state index in [4.69, 9.17) is 28.6 Å². The van der Waals surface area contributed by atoms with Crippen molar-refractivity contribution in [3.63, 3.8) is 0 Å². The molecule has 1 aromatic heterocycles. The summed E-state index contributed by atoms with van der Waals surface area (Å²) in [6, 6.07) is 8.36. The number of carbonyl (C=O) groups is 2. The number of thiocarbonyl (C=S) groups is 1. The van der Waals surface area contributed by atoms with Gasteiger partial charge in [-0.3, -0.25) is 19.9 Å². The van der Waals surface area contributed by atoms with Gasteiger partial charge in [0.05, 0.1) is 17.2 Å². The Labute approximate surface area is 210 Å². The van der Waals surface area contributed by atoms with E-state index in [9.17, 15) is 9.59 Å². The van der Waals surface area contributed by atoms with Crippen LogP contribution in [0.5, 0.6) is 5.75 Å². The van der Waals surface area contributed by atoms with Crippen LogP contribution >= 0.6 is 23.8 Å². The Kier molecular flexibility index (Phi) is 9.62. The van der Waals surface area contributed by atoms with Crippen molar-refractivity contribution in [3.05, 3.63) is 52.8 Å². The average Bonchev–Trinajstić information content (AvgIpc) is 2.83. The third kappa shape index (κ3) is 7.38. The fourth-order valence-electron chi connectivity index (χ4n) is 3.39. The molecule has 1 fully saturated rings. The van der Waals surface area contributed by atoms with E-state index in [1.165, 1.54) is 6.20 Å². The van der Waals surface area contributed by atoms with Gasteiger partial charge in [0.25, 0.3) is 11.8 Å². The molecule has 2 amide bonds. The van der Waals surface area contributed by atoms with Crippen LogP contribution in [0.3, 0.4) is 0 Å². The first kappa shape index (κ1) is 25.9. The van der Waals surface area contributed by atoms with E-state index in [-0.39, 0.29) is 11.0 Å². The van der Waals surface area contributed by atoms with Gasteiger partial charge in [-0.1, -0.05) is 31.4 Å². The Hall–Kier alpha value is -2.75. The van der Waals surface area contributed by atoms with Crippen molar-refractivity contribution < 1.29 is 14.3 Å². The first-order valence-corrected chi connectivity index (χ1v) is 12.1. The normalized spacial score (nSPS) is 13.9. The summed E-state index contributed by atoms with van der Waals surface area (Å²) in [6.07, 6.45) is 4.58. The number of likely N-dealkylation sites (N-methyl/N-ethyl adjacent to an activating group) is 1. The van der Waals surface area contributed by atoms with Crippen LogP contribution in [0.4, 0.5) is 5.69 Å². The van der Waals surface area contributed by atoms with E-state index in [2.05, 4.69) is 27.4 Å². The molecule has 182 valence electrons. The van der Waals surface area contributed by atoms with Crippen LogP contribution in [0.2, 0.25) is 5.02 Å². The van der Waals surface area contributed by atoms with Gasteiger partial charge in [-0.25, -0.2) is 0 Å². The van der Waals surface area contributed by atoms with Gasteiger partial charge in [0.1, 0.15) is 11.4 Å². The number of hydrogen-bond donors (Lipinski definition) is 2. The van der Waals surface area contributed by atoms with Crippen molar-refractivity contribution in [2.45, 2.75) is 26.2 Å². The Bertz CT molecular complexity index is 1010. The zero-order valence-corrected chi connectivity index (χ0v) is 21.0. The highest BCUT2D eigenvalue weighted by atomic mass is 35.5. The summed E-state index contributed by atoms with van der Waals surface area (Å²) in [4.78, 5) is 33.3. The van der Waals surface area contributed by atoms with E-state index < -0.39 is 5.91 Å². The third-order valence-corrected chi connectivity index (χ3v) is 5.96. The lowest BCUT2D eigenvalue weighted by Crippen LogP contribution is -2.47. The van der Waals surface area contributed by atoms with E-state index in [1.54, 1.807) is 35.2 Å². The largest absolute Gasteiger partial charge is 0.492 e. The van der Waals surface area contributed by atoms with Gasteiger partial charge in [-0.15, -0.1) is 0 Å². The third-order valence-electron chi connectivity index (χ3n) is 5.46. The highest BCUT2D eigenvalue weighted by Gasteiger charge is 2.21. The molecular weight excluding hydrogens is 474 g/mol. The molecule has 1 saturated heterocycles. The molecule has 0 bridgehead atoms. The molecule has 10 heteroatoms. The number of ether oxygens (including phenoxy) is 1. The average molecular weight is 504 g/mol. The van der Waals surface area contributed by atoms with Crippen molar-refractivity contribution in [1.82, 2.24) is 20.1 Å². The zero-order valence-electron chi connectivity index (χ0n) is 19.5. The Morgan fingerprint density at radius 1 is 1.15 bits per heavy atom. The molecule has 34 heavy (non-hydrogen) atoms. The van der Waals surface area contributed by atoms with Crippen LogP contribution in [0.1, 0.15) is 47.0 Å². The van der Waals surface area contributed by atoms with Crippen LogP contribution in [-0.2, 0) is 0 Å². The van der Waals surface area contributed by atoms with Crippen molar-refractivity contribution in [3.8, 4) is 5.75 Å². The van der Waals surface area contributed by atoms with E-state index in [0.717, 1.165) is 32.4 Å². The maximum atomic E-state index is 12.6. The highest BCUT2D eigenvalue weighted by Crippen LogP contribution is 2.28. The fourth-order valence-corrected chi connectivity index (χ4v) is 3.84. The summed E-state index contributed by atoms with van der Waals surface area (Å²) in [5.41, 5.74) is 1.24. The number of pyridine rings is 1. The maximum absolute atomic E-state index is 12.6. The minimum atomic E-state index is -0.425. The fraction of sp³-hybridized carbons (Fsp3) is 0.417. The number of aromatic nitrogens is 1. The molecule has 0 radical (unpaired) electrons. The predicted molar refractivity (Wildman–Crippen MR) is 138 cm³/mol. The Balaban J connectivity index is 1.51. The van der Waals surface area contributed by atoms with Crippen LogP contribution in [0.15, 0.2) is 36.5 Å². The summed E-state index contributed by atoms with van der Waals surface area (Å²) < 4.78 is 5.69. The lowest BCUT2D eigenvalue weighted by atomic mass is 10.2. The van der Waals surface area contributed by atoms with Crippen molar-refractivity contribution in [2.24, 2.45) is 0 Å². The molecule has 1 aliphatic heterocycles. The number of hydrogen-bond acceptors (Lipinski definition) is 6. The molecule has 0 aliphatic carbocycles. The molecule has 1 aromatic carbocycles. The molecule has 0 atom stereocenters. The number of amides is 2. The minimum Gasteiger partial charge on any atom is -0.492 e. The van der Waals surface area contributed by atoms with Crippen LogP contribution in [0, 0.1) is 0 Å². The Morgan fingerprint density at radius 3 is 2.56 bits per heavy atom. The molecule has 3 rings (SSSR count). The second kappa shape index (κ2) is 12.6. The number of carbonyl (C=O) groups excluding carboxylic acids is 2. The van der Waals surface area contributed by atoms with Crippen molar-refractivity contribution in [1.29, 1.82) is 0 Å². The summed E-state index contributed by atoms with van der Waals surface area (Å²) >= 11 is 11.5. The number of rotatable bonds is 8. The van der Waals surface area contributed by atoms with Gasteiger partial charge < -0.3 is 19.9 Å². The SMILES string of the molecule is CCCCCOc1ccc(NC(=S)NC(=O)c2ccc(C(=O)N3CCN(C)CC3)nc2)cc1Cl. The summed E-state index contributed by atoms with van der Waals surface area (Å²) in [5.74, 6) is 0.0491. The second-order valence-corrected chi connectivity index (χ2v) is 8.95. The van der Waals surface area contributed by atoms with Crippen LogP contribution < -0.4 is 15.4 Å². The second-order valence-electron chi connectivity index (χ2n) is 8.14. The van der Waals surface area contributed by atoms with E-state index in [1.807, 2.05) is 7.05 Å². The van der Waals surface area contributed by atoms with Crippen molar-refractivity contribution >= 4 is 46.4 Å². The minimum absolute atomic E-state index is 0.121. The summed E-state index contributed by atoms with van der Waals surface area (Å²) in [6.45, 7) is 5.73. The van der Waals surface area contributed by atoms with Crippen LogP contribution in [-0.4, -0.2) is 71.5 Å². The lowest BCUT2D eigenvalue weighted by molar-refractivity contribution is 0.0657. The molecule has 0 spiro atoms. The van der Waals surface area contributed by atoms with E-state index >= 15 is 0 Å². The molecule has 2 heterocycles. The molecule has 2 N–H and O–H groups in total. The Morgan fingerprint density at radius 2 is 1.91 bits per heavy atom. The highest BCUT2D eigenvalue weighted by molar-refractivity contribution is 7.80. The van der Waals surface area contributed by atoms with Gasteiger partial charge in [0, 0.05) is 38.1 Å².